The molecule has 19 heavy (non-hydrogen) atoms. The lowest BCUT2D eigenvalue weighted by atomic mass is 9.70. The summed E-state index contributed by atoms with van der Waals surface area (Å²) in [5.74, 6) is 0.683. The highest BCUT2D eigenvalue weighted by Gasteiger charge is 2.39. The fourth-order valence-electron chi connectivity index (χ4n) is 4.49. The number of hydrogen-bond acceptors (Lipinski definition) is 3. The van der Waals surface area contributed by atoms with Crippen molar-refractivity contribution >= 4 is 0 Å². The van der Waals surface area contributed by atoms with Crippen LogP contribution in [0.5, 0.6) is 0 Å². The van der Waals surface area contributed by atoms with Gasteiger partial charge in [-0.3, -0.25) is 4.90 Å². The van der Waals surface area contributed by atoms with Gasteiger partial charge in [0.15, 0.2) is 0 Å². The molecule has 3 fully saturated rings. The summed E-state index contributed by atoms with van der Waals surface area (Å²) < 4.78 is 5.92. The number of nitrogens with zero attached hydrogens (tertiary/aromatic N) is 1. The van der Waals surface area contributed by atoms with Gasteiger partial charge in [-0.15, -0.1) is 0 Å². The van der Waals surface area contributed by atoms with Gasteiger partial charge in [0.2, 0.25) is 0 Å². The molecule has 0 amide bonds. The molecule has 3 aliphatic rings. The molecule has 1 aliphatic heterocycles. The first-order valence-corrected chi connectivity index (χ1v) is 8.16. The van der Waals surface area contributed by atoms with Crippen molar-refractivity contribution in [2.75, 3.05) is 19.7 Å². The Morgan fingerprint density at radius 2 is 2.11 bits per heavy atom. The normalized spacial score (nSPS) is 43.1. The van der Waals surface area contributed by atoms with Crippen LogP contribution in [0.3, 0.4) is 0 Å². The van der Waals surface area contributed by atoms with Crippen molar-refractivity contribution in [1.82, 2.24) is 4.90 Å². The van der Waals surface area contributed by atoms with Crippen LogP contribution in [0, 0.1) is 11.3 Å². The average molecular weight is 266 g/mol. The summed E-state index contributed by atoms with van der Waals surface area (Å²) in [5, 5.41) is 0. The van der Waals surface area contributed by atoms with Crippen LogP contribution in [0.4, 0.5) is 0 Å². The number of morpholine rings is 1. The van der Waals surface area contributed by atoms with Gasteiger partial charge in [0, 0.05) is 25.2 Å². The summed E-state index contributed by atoms with van der Waals surface area (Å²) in [6.45, 7) is 8.06. The van der Waals surface area contributed by atoms with E-state index < -0.39 is 0 Å². The topological polar surface area (TPSA) is 38.5 Å². The van der Waals surface area contributed by atoms with Gasteiger partial charge in [-0.05, 0) is 49.9 Å². The molecule has 2 aliphatic carbocycles. The minimum atomic E-state index is 0.413. The summed E-state index contributed by atoms with van der Waals surface area (Å²) in [5.41, 5.74) is 6.88. The van der Waals surface area contributed by atoms with E-state index in [4.69, 9.17) is 10.5 Å². The van der Waals surface area contributed by atoms with Crippen LogP contribution in [0.15, 0.2) is 0 Å². The molecule has 0 radical (unpaired) electrons. The van der Waals surface area contributed by atoms with Gasteiger partial charge in [0.1, 0.15) is 0 Å². The van der Waals surface area contributed by atoms with Gasteiger partial charge in [-0.25, -0.2) is 0 Å². The largest absolute Gasteiger partial charge is 0.375 e. The van der Waals surface area contributed by atoms with Gasteiger partial charge in [-0.2, -0.15) is 0 Å². The second-order valence-electron chi connectivity index (χ2n) is 7.73. The van der Waals surface area contributed by atoms with Gasteiger partial charge < -0.3 is 10.5 Å². The predicted octanol–water partition coefficient (Wildman–Crippen LogP) is 2.39. The third-order valence-electron chi connectivity index (χ3n) is 5.64. The minimum Gasteiger partial charge on any atom is -0.375 e. The highest BCUT2D eigenvalue weighted by molar-refractivity contribution is 4.94. The molecule has 2 N–H and O–H groups in total. The quantitative estimate of drug-likeness (QED) is 0.834. The van der Waals surface area contributed by atoms with Crippen molar-refractivity contribution in [2.45, 2.75) is 70.6 Å². The van der Waals surface area contributed by atoms with Crippen LogP contribution in [0.2, 0.25) is 0 Å². The maximum absolute atomic E-state index is 6.40. The lowest BCUT2D eigenvalue weighted by Crippen LogP contribution is -2.53. The molecule has 3 heteroatoms. The molecule has 3 rings (SSSR count). The zero-order chi connectivity index (χ0) is 13.5. The van der Waals surface area contributed by atoms with E-state index in [1.54, 1.807) is 0 Å². The third kappa shape index (κ3) is 2.98. The monoisotopic (exact) mass is 266 g/mol. The maximum Gasteiger partial charge on any atom is 0.0730 e. The van der Waals surface area contributed by atoms with E-state index in [1.807, 2.05) is 0 Å². The minimum absolute atomic E-state index is 0.413. The standard InChI is InChI=1S/C16H30N2O/c1-16(2)7-6-13(17)12(10-16)11-18-8-9-19-15-5-3-4-14(15)18/h12-15H,3-11,17H2,1-2H3. The number of fused-ring (bicyclic) bond motifs is 1. The van der Waals surface area contributed by atoms with E-state index >= 15 is 0 Å². The molecule has 4 unspecified atom stereocenters. The molecule has 0 aromatic carbocycles. The van der Waals surface area contributed by atoms with Crippen molar-refractivity contribution in [1.29, 1.82) is 0 Å². The Kier molecular flexibility index (Phi) is 3.89. The van der Waals surface area contributed by atoms with E-state index in [0.717, 1.165) is 13.2 Å². The molecule has 110 valence electrons. The summed E-state index contributed by atoms with van der Waals surface area (Å²) in [6.07, 6.45) is 8.24. The number of nitrogens with two attached hydrogens (primary N) is 1. The molecular weight excluding hydrogens is 236 g/mol. The predicted molar refractivity (Wildman–Crippen MR) is 78.0 cm³/mol. The molecule has 2 saturated carbocycles. The summed E-state index contributed by atoms with van der Waals surface area (Å²) >= 11 is 0. The Morgan fingerprint density at radius 3 is 2.95 bits per heavy atom. The van der Waals surface area contributed by atoms with Crippen LogP contribution in [-0.2, 0) is 4.74 Å². The van der Waals surface area contributed by atoms with E-state index in [9.17, 15) is 0 Å². The summed E-state index contributed by atoms with van der Waals surface area (Å²) in [6, 6.07) is 1.10. The van der Waals surface area contributed by atoms with Crippen molar-refractivity contribution in [3.05, 3.63) is 0 Å². The highest BCUT2D eigenvalue weighted by atomic mass is 16.5. The first-order valence-electron chi connectivity index (χ1n) is 8.16. The molecule has 4 atom stereocenters. The van der Waals surface area contributed by atoms with Crippen LogP contribution in [0.1, 0.15) is 52.4 Å². The van der Waals surface area contributed by atoms with Crippen LogP contribution < -0.4 is 5.73 Å². The fraction of sp³-hybridized carbons (Fsp3) is 1.00. The van der Waals surface area contributed by atoms with Crippen molar-refractivity contribution < 1.29 is 4.74 Å². The second kappa shape index (κ2) is 5.34. The molecule has 0 spiro atoms. The lowest BCUT2D eigenvalue weighted by Gasteiger charge is -2.44. The number of ether oxygens (including phenoxy) is 1. The fourth-order valence-corrected chi connectivity index (χ4v) is 4.49. The Hall–Kier alpha value is -0.120. The molecule has 0 aromatic heterocycles. The Bertz CT molecular complexity index is 318. The summed E-state index contributed by atoms with van der Waals surface area (Å²) in [7, 11) is 0. The van der Waals surface area contributed by atoms with E-state index in [-0.39, 0.29) is 0 Å². The zero-order valence-corrected chi connectivity index (χ0v) is 12.6. The van der Waals surface area contributed by atoms with Crippen LogP contribution in [0.25, 0.3) is 0 Å². The maximum atomic E-state index is 6.40. The van der Waals surface area contributed by atoms with Gasteiger partial charge in [-0.1, -0.05) is 13.8 Å². The van der Waals surface area contributed by atoms with Gasteiger partial charge in [0.25, 0.3) is 0 Å². The Morgan fingerprint density at radius 1 is 1.26 bits per heavy atom. The molecular formula is C16H30N2O. The third-order valence-corrected chi connectivity index (χ3v) is 5.64. The van der Waals surface area contributed by atoms with Crippen LogP contribution in [-0.4, -0.2) is 42.8 Å². The number of rotatable bonds is 2. The lowest BCUT2D eigenvalue weighted by molar-refractivity contribution is -0.0650. The van der Waals surface area contributed by atoms with Crippen molar-refractivity contribution in [3.8, 4) is 0 Å². The first kappa shape index (κ1) is 13.8. The molecule has 1 heterocycles. The molecule has 0 aromatic rings. The number of hydrogen-bond donors (Lipinski definition) is 1. The Labute approximate surface area is 117 Å². The highest BCUT2D eigenvalue weighted by Crippen LogP contribution is 2.39. The average Bonchev–Trinajstić information content (AvgIpc) is 2.83. The van der Waals surface area contributed by atoms with Gasteiger partial charge >= 0.3 is 0 Å². The Balaban J connectivity index is 1.63. The van der Waals surface area contributed by atoms with Crippen LogP contribution >= 0.6 is 0 Å². The smallest absolute Gasteiger partial charge is 0.0730 e. The molecule has 1 saturated heterocycles. The van der Waals surface area contributed by atoms with Crippen molar-refractivity contribution in [2.24, 2.45) is 17.1 Å². The SMILES string of the molecule is CC1(C)CCC(N)C(CN2CCOC3CCCC32)C1. The van der Waals surface area contributed by atoms with E-state index in [2.05, 4.69) is 18.7 Å². The van der Waals surface area contributed by atoms with E-state index in [1.165, 1.54) is 45.1 Å². The molecule has 3 nitrogen and oxygen atoms in total. The van der Waals surface area contributed by atoms with Gasteiger partial charge in [0.05, 0.1) is 12.7 Å². The zero-order valence-electron chi connectivity index (χ0n) is 12.6. The first-order chi connectivity index (χ1) is 9.05. The molecule has 0 bridgehead atoms. The summed E-state index contributed by atoms with van der Waals surface area (Å²) in [4.78, 5) is 2.70. The van der Waals surface area contributed by atoms with Crippen molar-refractivity contribution in [3.63, 3.8) is 0 Å². The van der Waals surface area contributed by atoms with E-state index in [0.29, 0.717) is 29.5 Å². The second-order valence-corrected chi connectivity index (χ2v) is 7.73.